The van der Waals surface area contributed by atoms with E-state index >= 15 is 0 Å². The monoisotopic (exact) mass is 1500 g/mol. The molecule has 0 saturated heterocycles. The Morgan fingerprint density at radius 3 is 0.670 bits per heavy atom. The molecule has 0 aliphatic heterocycles. The Bertz CT molecular complexity index is 4520. The molecule has 0 unspecified atom stereocenters. The topological polar surface area (TPSA) is 169 Å². The third kappa shape index (κ3) is 14.4. The summed E-state index contributed by atoms with van der Waals surface area (Å²) in [6.45, 7) is 38.6. The molecule has 0 aliphatic rings. The summed E-state index contributed by atoms with van der Waals surface area (Å²) in [5.74, 6) is 5.90. The zero-order valence-corrected chi connectivity index (χ0v) is 62.8. The second-order valence-electron chi connectivity index (χ2n) is 31.6. The first-order chi connectivity index (χ1) is 46.8. The minimum atomic E-state index is -0.391. The molecule has 0 amide bonds. The summed E-state index contributed by atoms with van der Waals surface area (Å²) in [6, 6.07) is 61.9. The van der Waals surface area contributed by atoms with Crippen LogP contribution in [0.4, 0.5) is 0 Å². The van der Waals surface area contributed by atoms with E-state index in [1.165, 1.54) is 0 Å². The first-order valence-corrected chi connectivity index (χ1v) is 33.8. The maximum absolute atomic E-state index is 5.34. The Labute approximate surface area is 601 Å². The molecular weight excluding hydrogens is 1410 g/mol. The van der Waals surface area contributed by atoms with Crippen molar-refractivity contribution in [3.63, 3.8) is 0 Å². The average Bonchev–Trinajstić information content (AvgIpc) is 0.808. The van der Waals surface area contributed by atoms with E-state index in [0.29, 0.717) is 52.4 Å². The van der Waals surface area contributed by atoms with Gasteiger partial charge in [-0.25, -0.2) is 44.9 Å². The molecule has 13 rings (SSSR count). The van der Waals surface area contributed by atoms with Gasteiger partial charge in [-0.2, -0.15) is 51.7 Å². The first kappa shape index (κ1) is 69.7. The fraction of sp³-hybridized carbons (Fsp3) is 0.286. The van der Waals surface area contributed by atoms with Gasteiger partial charge in [0.1, 0.15) is 52.4 Å². The molecule has 15 nitrogen and oxygen atoms in total. The second kappa shape index (κ2) is 26.5. The fourth-order valence-electron chi connectivity index (χ4n) is 11.8. The van der Waals surface area contributed by atoms with E-state index in [-0.39, 0.29) is 20.1 Å². The van der Waals surface area contributed by atoms with Crippen molar-refractivity contribution in [2.75, 3.05) is 0 Å². The summed E-state index contributed by atoms with van der Waals surface area (Å²) in [5.41, 5.74) is 13.6. The minimum Gasteiger partial charge on any atom is -0.266 e. The minimum absolute atomic E-state index is 0. The summed E-state index contributed by atoms with van der Waals surface area (Å²) in [7, 11) is 0. The van der Waals surface area contributed by atoms with Crippen LogP contribution in [-0.4, -0.2) is 74.2 Å². The molecule has 0 radical (unpaired) electrons. The average molecular weight is 1500 g/mol. The molecule has 100 heavy (non-hydrogen) atoms. The molecule has 0 aliphatic carbocycles. The number of aromatic nitrogens is 15. The van der Waals surface area contributed by atoms with Gasteiger partial charge < -0.3 is 0 Å². The molecule has 0 saturated carbocycles. The van der Waals surface area contributed by atoms with Crippen molar-refractivity contribution in [3.05, 3.63) is 236 Å². The maximum Gasteiger partial charge on any atom is 3.00 e. The zero-order valence-electron chi connectivity index (χ0n) is 60.4. The van der Waals surface area contributed by atoms with Gasteiger partial charge in [-0.1, -0.05) is 231 Å². The largest absolute Gasteiger partial charge is 3.00 e. The van der Waals surface area contributed by atoms with Crippen LogP contribution in [0, 0.1) is 18.2 Å². The second-order valence-corrected chi connectivity index (χ2v) is 31.6. The van der Waals surface area contributed by atoms with Gasteiger partial charge in [0.15, 0.2) is 0 Å². The van der Waals surface area contributed by atoms with Gasteiger partial charge >= 0.3 is 20.1 Å². The smallest absolute Gasteiger partial charge is 0.266 e. The van der Waals surface area contributed by atoms with Crippen LogP contribution in [0.2, 0.25) is 0 Å². The summed E-state index contributed by atoms with van der Waals surface area (Å²) in [4.78, 5) is 47.4. The molecule has 0 N–H and O–H groups in total. The van der Waals surface area contributed by atoms with Crippen LogP contribution in [0.3, 0.4) is 0 Å². The molecule has 0 atom stereocenters. The molecule has 504 valence electrons. The van der Waals surface area contributed by atoms with Crippen LogP contribution < -0.4 is 0 Å². The Hall–Kier alpha value is -10.2. The predicted octanol–water partition coefficient (Wildman–Crippen LogP) is 19.0. The van der Waals surface area contributed by atoms with Crippen molar-refractivity contribution in [1.29, 1.82) is 0 Å². The standard InChI is InChI=1S/C84H84N15.Ir/c1-79(2,3)73-88-70(89-74(94-73)80(4,5)6)67-49-55(97-43-25-40-85-97)34-37-64(67)61-31-22-19-28-58(61)52-46-53(59-29-20-23-32-62(59)65-38-35-56(98-44-26-41-86-98)50-68(65)71-90-75(81(7,8)9)95-76(91-71)82(10,11)12)48-54(47-52)60-30-21-24-33-63(60)66-39-36-57(99-45-27-42-87-99)51-69(66)72-92-77(83(13,14)15)96-78(93-72)84(16,17)18;/h19-33,37-51H,1-18H3;/q-3;+3. The third-order valence-corrected chi connectivity index (χ3v) is 17.2. The molecule has 13 aromatic rings. The van der Waals surface area contributed by atoms with E-state index in [0.717, 1.165) is 101 Å². The summed E-state index contributed by atoms with van der Waals surface area (Å²) in [5, 5.41) is 14.0. The van der Waals surface area contributed by atoms with Gasteiger partial charge in [0.05, 0.1) is 0 Å². The van der Waals surface area contributed by atoms with E-state index in [1.807, 2.05) is 50.8 Å². The van der Waals surface area contributed by atoms with Crippen molar-refractivity contribution >= 4 is 0 Å². The van der Waals surface area contributed by atoms with Crippen LogP contribution >= 0.6 is 0 Å². The van der Waals surface area contributed by atoms with Crippen LogP contribution in [0.1, 0.15) is 160 Å². The number of benzene rings is 7. The molecule has 6 heterocycles. The van der Waals surface area contributed by atoms with E-state index in [2.05, 4.69) is 286 Å². The van der Waals surface area contributed by atoms with Gasteiger partial charge in [-0.05, 0) is 86.8 Å². The van der Waals surface area contributed by atoms with Crippen LogP contribution in [0.15, 0.2) is 183 Å². The zero-order chi connectivity index (χ0) is 70.1. The molecule has 0 bridgehead atoms. The summed E-state index contributed by atoms with van der Waals surface area (Å²) in [6.07, 6.45) is 11.1. The van der Waals surface area contributed by atoms with Gasteiger partial charge in [-0.3, -0.25) is 14.0 Å². The summed E-state index contributed by atoms with van der Waals surface area (Å²) >= 11 is 0. The van der Waals surface area contributed by atoms with Crippen molar-refractivity contribution < 1.29 is 20.1 Å². The Morgan fingerprint density at radius 2 is 0.470 bits per heavy atom. The van der Waals surface area contributed by atoms with Crippen molar-refractivity contribution in [1.82, 2.24) is 74.2 Å². The van der Waals surface area contributed by atoms with Crippen molar-refractivity contribution in [2.45, 2.75) is 157 Å². The Balaban J connectivity index is 0.00000948. The molecule has 16 heteroatoms. The van der Waals surface area contributed by atoms with Crippen LogP contribution in [0.25, 0.3) is 118 Å². The van der Waals surface area contributed by atoms with Crippen LogP contribution in [-0.2, 0) is 52.6 Å². The molecule has 0 fully saturated rings. The quantitative estimate of drug-likeness (QED) is 0.106. The van der Waals surface area contributed by atoms with Crippen molar-refractivity contribution in [3.8, 4) is 118 Å². The van der Waals surface area contributed by atoms with Gasteiger partial charge in [0, 0.05) is 69.7 Å². The number of hydrogen-bond donors (Lipinski definition) is 0. The number of rotatable bonds is 12. The van der Waals surface area contributed by atoms with Gasteiger partial charge in [-0.15, -0.1) is 34.9 Å². The van der Waals surface area contributed by atoms with Gasteiger partial charge in [0.2, 0.25) is 0 Å². The molecule has 7 aromatic carbocycles. The Morgan fingerprint density at radius 1 is 0.250 bits per heavy atom. The van der Waals surface area contributed by atoms with Crippen molar-refractivity contribution in [2.24, 2.45) is 0 Å². The SMILES string of the molecule is CC(C)(C)c1nc(-c2cc(-n3cccn3)[c-]cc2-c2ccccc2-c2cc(-c3ccccc3-c3c[c-]c(-n4cccn4)cc3-c3nc(C(C)(C)C)nc(C(C)(C)C)n3)cc(-c3ccccc3-c3c[c-]c(-n4cccn4)cc3-c3nc(C(C)(C)C)nc(C(C)(C)C)n3)c2)nc(C(C)(C)C)n1.[Ir+3]. The molecule has 0 spiro atoms. The van der Waals surface area contributed by atoms with Crippen LogP contribution in [0.5, 0.6) is 0 Å². The predicted molar refractivity (Wildman–Crippen MR) is 396 cm³/mol. The summed E-state index contributed by atoms with van der Waals surface area (Å²) < 4.78 is 5.47. The molecule has 6 aromatic heterocycles. The normalized spacial score (nSPS) is 12.4. The molecular formula is C84H84IrN15. The van der Waals surface area contributed by atoms with E-state index in [4.69, 9.17) is 44.9 Å². The maximum atomic E-state index is 5.34. The number of hydrogen-bond acceptors (Lipinski definition) is 12. The van der Waals surface area contributed by atoms with E-state index in [1.54, 1.807) is 18.6 Å². The third-order valence-electron chi connectivity index (χ3n) is 17.2. The fourth-order valence-corrected chi connectivity index (χ4v) is 11.8. The first-order valence-electron chi connectivity index (χ1n) is 33.8. The van der Waals surface area contributed by atoms with Gasteiger partial charge in [0.25, 0.3) is 0 Å². The van der Waals surface area contributed by atoms with E-state index in [9.17, 15) is 0 Å². The number of nitrogens with zero attached hydrogens (tertiary/aromatic N) is 15. The van der Waals surface area contributed by atoms with E-state index < -0.39 is 32.5 Å². The Kier molecular flexibility index (Phi) is 18.5.